The van der Waals surface area contributed by atoms with Gasteiger partial charge in [-0.05, 0) is 46.0 Å². The fourth-order valence-corrected chi connectivity index (χ4v) is 2.90. The normalized spacial score (nSPS) is 14.0. The van der Waals surface area contributed by atoms with Gasteiger partial charge in [0, 0.05) is 17.8 Å². The number of anilines is 1. The number of hydrogen-bond donors (Lipinski definition) is 1. The summed E-state index contributed by atoms with van der Waals surface area (Å²) in [5, 5.41) is 7.48. The first kappa shape index (κ1) is 14.0. The van der Waals surface area contributed by atoms with E-state index in [2.05, 4.69) is 17.4 Å². The summed E-state index contributed by atoms with van der Waals surface area (Å²) < 4.78 is 5.26. The second-order valence-electron chi connectivity index (χ2n) is 5.65. The molecule has 21 heavy (non-hydrogen) atoms. The van der Waals surface area contributed by atoms with Crippen molar-refractivity contribution < 1.29 is 4.52 Å². The summed E-state index contributed by atoms with van der Waals surface area (Å²) in [7, 11) is 0. The average molecular weight is 286 g/mol. The molecular formula is C16H22N4O. The highest BCUT2D eigenvalue weighted by Crippen LogP contribution is 2.30. The zero-order valence-corrected chi connectivity index (χ0v) is 13.0. The molecule has 112 valence electrons. The van der Waals surface area contributed by atoms with Crippen molar-refractivity contribution in [3.8, 4) is 11.4 Å². The van der Waals surface area contributed by atoms with E-state index < -0.39 is 0 Å². The maximum atomic E-state index is 5.26. The molecule has 0 unspecified atom stereocenters. The van der Waals surface area contributed by atoms with E-state index in [9.17, 15) is 0 Å². The van der Waals surface area contributed by atoms with Crippen molar-refractivity contribution in [2.75, 3.05) is 11.9 Å². The third-order valence-electron chi connectivity index (χ3n) is 3.98. The highest BCUT2D eigenvalue weighted by molar-refractivity contribution is 5.63. The van der Waals surface area contributed by atoms with Gasteiger partial charge in [-0.15, -0.1) is 0 Å². The third-order valence-corrected chi connectivity index (χ3v) is 3.98. The van der Waals surface area contributed by atoms with Crippen molar-refractivity contribution >= 4 is 5.82 Å². The smallest absolute Gasteiger partial charge is 0.167 e. The Morgan fingerprint density at radius 2 is 1.95 bits per heavy atom. The van der Waals surface area contributed by atoms with Gasteiger partial charge in [0.1, 0.15) is 11.6 Å². The largest absolute Gasteiger partial charge is 0.370 e. The van der Waals surface area contributed by atoms with E-state index in [0.29, 0.717) is 0 Å². The van der Waals surface area contributed by atoms with Crippen LogP contribution in [0.1, 0.15) is 48.9 Å². The molecular weight excluding hydrogens is 264 g/mol. The van der Waals surface area contributed by atoms with Crippen LogP contribution in [0.15, 0.2) is 4.52 Å². The van der Waals surface area contributed by atoms with E-state index in [-0.39, 0.29) is 0 Å². The molecule has 1 aliphatic carbocycles. The quantitative estimate of drug-likeness (QED) is 0.932. The van der Waals surface area contributed by atoms with Gasteiger partial charge in [-0.2, -0.15) is 0 Å². The molecule has 0 fully saturated rings. The lowest BCUT2D eigenvalue weighted by atomic mass is 9.96. The van der Waals surface area contributed by atoms with E-state index in [1.54, 1.807) is 0 Å². The number of aryl methyl sites for hydroxylation is 3. The zero-order chi connectivity index (χ0) is 14.8. The number of aromatic nitrogens is 3. The Bertz CT molecular complexity index is 628. The minimum atomic E-state index is 0.741. The molecule has 0 atom stereocenters. The molecule has 0 spiro atoms. The monoisotopic (exact) mass is 286 g/mol. The van der Waals surface area contributed by atoms with Crippen LogP contribution in [0, 0.1) is 13.8 Å². The summed E-state index contributed by atoms with van der Waals surface area (Å²) in [4.78, 5) is 9.56. The van der Waals surface area contributed by atoms with E-state index in [1.165, 1.54) is 24.1 Å². The van der Waals surface area contributed by atoms with Gasteiger partial charge in [0.25, 0.3) is 0 Å². The van der Waals surface area contributed by atoms with Gasteiger partial charge in [-0.3, -0.25) is 0 Å². The Kier molecular flexibility index (Phi) is 3.90. The lowest BCUT2D eigenvalue weighted by molar-refractivity contribution is 0.393. The Balaban J connectivity index is 2.09. The van der Waals surface area contributed by atoms with E-state index in [4.69, 9.17) is 14.5 Å². The van der Waals surface area contributed by atoms with Gasteiger partial charge in [-0.1, -0.05) is 12.1 Å². The first-order valence-electron chi connectivity index (χ1n) is 7.77. The molecule has 3 rings (SSSR count). The van der Waals surface area contributed by atoms with Crippen LogP contribution in [0.3, 0.4) is 0 Å². The summed E-state index contributed by atoms with van der Waals surface area (Å²) in [5.74, 6) is 2.52. The maximum Gasteiger partial charge on any atom is 0.167 e. The number of fused-ring (bicyclic) bond motifs is 1. The first-order valence-corrected chi connectivity index (χ1v) is 7.77. The predicted octanol–water partition coefficient (Wildman–Crippen LogP) is 3.45. The zero-order valence-electron chi connectivity index (χ0n) is 13.0. The summed E-state index contributed by atoms with van der Waals surface area (Å²) in [6.07, 6.45) is 5.62. The van der Waals surface area contributed by atoms with Crippen molar-refractivity contribution in [3.63, 3.8) is 0 Å². The van der Waals surface area contributed by atoms with Crippen molar-refractivity contribution in [1.29, 1.82) is 0 Å². The summed E-state index contributed by atoms with van der Waals surface area (Å²) in [6, 6.07) is 0. The van der Waals surface area contributed by atoms with Gasteiger partial charge in [0.2, 0.25) is 0 Å². The highest BCUT2D eigenvalue weighted by Gasteiger charge is 2.21. The second-order valence-corrected chi connectivity index (χ2v) is 5.65. The van der Waals surface area contributed by atoms with Crippen LogP contribution in [0.2, 0.25) is 0 Å². The molecule has 5 nitrogen and oxygen atoms in total. The van der Waals surface area contributed by atoms with Crippen LogP contribution in [0.4, 0.5) is 5.82 Å². The molecule has 2 heterocycles. The predicted molar refractivity (Wildman–Crippen MR) is 82.4 cm³/mol. The minimum Gasteiger partial charge on any atom is -0.370 e. The molecule has 0 amide bonds. The van der Waals surface area contributed by atoms with E-state index in [1.807, 2.05) is 13.8 Å². The Hall–Kier alpha value is -1.91. The van der Waals surface area contributed by atoms with Crippen LogP contribution in [0.5, 0.6) is 0 Å². The molecule has 0 bridgehead atoms. The molecule has 0 radical (unpaired) electrons. The molecule has 2 aromatic heterocycles. The summed E-state index contributed by atoms with van der Waals surface area (Å²) in [5.41, 5.74) is 4.27. The maximum absolute atomic E-state index is 5.26. The fourth-order valence-electron chi connectivity index (χ4n) is 2.90. The lowest BCUT2D eigenvalue weighted by Gasteiger charge is -2.19. The average Bonchev–Trinajstić information content (AvgIpc) is 2.83. The Morgan fingerprint density at radius 3 is 2.67 bits per heavy atom. The highest BCUT2D eigenvalue weighted by atomic mass is 16.5. The summed E-state index contributed by atoms with van der Waals surface area (Å²) >= 11 is 0. The van der Waals surface area contributed by atoms with Crippen LogP contribution >= 0.6 is 0 Å². The minimum absolute atomic E-state index is 0.741. The number of hydrogen-bond acceptors (Lipinski definition) is 5. The second kappa shape index (κ2) is 5.84. The topological polar surface area (TPSA) is 63.8 Å². The third kappa shape index (κ3) is 2.64. The van der Waals surface area contributed by atoms with Crippen LogP contribution < -0.4 is 5.32 Å². The molecule has 0 aliphatic heterocycles. The van der Waals surface area contributed by atoms with E-state index >= 15 is 0 Å². The van der Waals surface area contributed by atoms with Crippen molar-refractivity contribution in [2.24, 2.45) is 0 Å². The van der Waals surface area contributed by atoms with Crippen LogP contribution in [-0.4, -0.2) is 21.7 Å². The molecule has 0 aromatic carbocycles. The van der Waals surface area contributed by atoms with Crippen molar-refractivity contribution in [1.82, 2.24) is 15.1 Å². The van der Waals surface area contributed by atoms with Gasteiger partial charge in [0.15, 0.2) is 5.82 Å². The SMILES string of the molecule is CCCNc1nc(-c2c(C)noc2C)nc2c1CCCC2. The fraction of sp³-hybridized carbons (Fsp3) is 0.562. The number of nitrogens with one attached hydrogen (secondary N) is 1. The van der Waals surface area contributed by atoms with Crippen LogP contribution in [-0.2, 0) is 12.8 Å². The lowest BCUT2D eigenvalue weighted by Crippen LogP contribution is -2.14. The molecule has 0 saturated carbocycles. The first-order chi connectivity index (χ1) is 10.2. The van der Waals surface area contributed by atoms with Gasteiger partial charge < -0.3 is 9.84 Å². The standard InChI is InChI=1S/C16H22N4O/c1-4-9-17-15-12-7-5-6-8-13(12)18-16(19-15)14-10(2)20-21-11(14)3/h4-9H2,1-3H3,(H,17,18,19). The number of nitrogens with zero attached hydrogens (tertiary/aromatic N) is 3. The van der Waals surface area contributed by atoms with Crippen LogP contribution in [0.25, 0.3) is 11.4 Å². The van der Waals surface area contributed by atoms with Gasteiger partial charge in [0.05, 0.1) is 11.3 Å². The van der Waals surface area contributed by atoms with Crippen molar-refractivity contribution in [3.05, 3.63) is 22.7 Å². The van der Waals surface area contributed by atoms with Gasteiger partial charge >= 0.3 is 0 Å². The molecule has 0 saturated heterocycles. The summed E-state index contributed by atoms with van der Waals surface area (Å²) in [6.45, 7) is 6.95. The van der Waals surface area contributed by atoms with Gasteiger partial charge in [-0.25, -0.2) is 9.97 Å². The Morgan fingerprint density at radius 1 is 1.14 bits per heavy atom. The molecule has 5 heteroatoms. The molecule has 1 aliphatic rings. The Labute approximate surface area is 125 Å². The molecule has 1 N–H and O–H groups in total. The van der Waals surface area contributed by atoms with E-state index in [0.717, 1.165) is 54.5 Å². The number of rotatable bonds is 4. The molecule has 2 aromatic rings. The van der Waals surface area contributed by atoms with Crippen molar-refractivity contribution in [2.45, 2.75) is 52.9 Å².